The molecule has 1 aromatic rings. The fourth-order valence-corrected chi connectivity index (χ4v) is 2.23. The first-order chi connectivity index (χ1) is 7.33. The summed E-state index contributed by atoms with van der Waals surface area (Å²) in [6.07, 6.45) is 4.63. The fourth-order valence-electron chi connectivity index (χ4n) is 2.23. The Bertz CT molecular complexity index is 340. The van der Waals surface area contributed by atoms with Crippen LogP contribution in [0.4, 0.5) is 0 Å². The Morgan fingerprint density at radius 1 is 1.40 bits per heavy atom. The maximum Gasteiger partial charge on any atom is -0.00425 e. The molecule has 1 aromatic carbocycles. The molecule has 0 bridgehead atoms. The zero-order valence-electron chi connectivity index (χ0n) is 9.32. The molecule has 0 amide bonds. The Balaban J connectivity index is 1.96. The summed E-state index contributed by atoms with van der Waals surface area (Å²) in [6, 6.07) is 10.8. The molecule has 1 nitrogen and oxygen atoms in total. The van der Waals surface area contributed by atoms with Gasteiger partial charge in [-0.1, -0.05) is 42.0 Å². The van der Waals surface area contributed by atoms with E-state index < -0.39 is 0 Å². The molecule has 80 valence electrons. The van der Waals surface area contributed by atoms with Crippen molar-refractivity contribution < 1.29 is 0 Å². The van der Waals surface area contributed by atoms with Crippen molar-refractivity contribution >= 4 is 0 Å². The van der Waals surface area contributed by atoms with Gasteiger partial charge in [-0.15, -0.1) is 0 Å². The molecule has 15 heavy (non-hydrogen) atoms. The van der Waals surface area contributed by atoms with Crippen LogP contribution in [0.15, 0.2) is 42.0 Å². The second-order valence-corrected chi connectivity index (χ2v) is 4.38. The third-order valence-corrected chi connectivity index (χ3v) is 3.24. The largest absolute Gasteiger partial charge is 0.330 e. The lowest BCUT2D eigenvalue weighted by molar-refractivity contribution is 0.907. The molecule has 2 unspecified atom stereocenters. The molecule has 1 aliphatic rings. The van der Waals surface area contributed by atoms with Gasteiger partial charge in [0.1, 0.15) is 0 Å². The molecule has 1 saturated carbocycles. The van der Waals surface area contributed by atoms with Gasteiger partial charge in [-0.25, -0.2) is 0 Å². The van der Waals surface area contributed by atoms with Crippen molar-refractivity contribution in [2.24, 2.45) is 11.7 Å². The number of nitrogens with two attached hydrogens (primary N) is 1. The van der Waals surface area contributed by atoms with E-state index in [1.54, 1.807) is 0 Å². The summed E-state index contributed by atoms with van der Waals surface area (Å²) in [5.41, 5.74) is 8.51. The zero-order valence-corrected chi connectivity index (χ0v) is 9.32. The van der Waals surface area contributed by atoms with Crippen LogP contribution < -0.4 is 5.73 Å². The van der Waals surface area contributed by atoms with Crippen molar-refractivity contribution in [3.63, 3.8) is 0 Å². The zero-order chi connectivity index (χ0) is 10.7. The van der Waals surface area contributed by atoms with Crippen LogP contribution in [-0.2, 0) is 0 Å². The van der Waals surface area contributed by atoms with E-state index in [0.717, 1.165) is 24.8 Å². The van der Waals surface area contributed by atoms with Crippen LogP contribution in [0.25, 0.3) is 0 Å². The lowest BCUT2D eigenvalue weighted by Crippen LogP contribution is -1.96. The second kappa shape index (κ2) is 4.63. The molecule has 0 aliphatic heterocycles. The molecule has 2 atom stereocenters. The third kappa shape index (κ3) is 2.48. The maximum absolute atomic E-state index is 5.50. The van der Waals surface area contributed by atoms with Gasteiger partial charge < -0.3 is 5.73 Å². The fraction of sp³-hybridized carbons (Fsp3) is 0.429. The minimum Gasteiger partial charge on any atom is -0.330 e. The van der Waals surface area contributed by atoms with E-state index in [4.69, 9.17) is 5.73 Å². The summed E-state index contributed by atoms with van der Waals surface area (Å²) in [4.78, 5) is 0. The Kier molecular flexibility index (Phi) is 3.22. The SMILES string of the molecule is C/C(=C/CCN)C1CC1c1ccccc1. The molecule has 0 saturated heterocycles. The number of allylic oxidation sites excluding steroid dienone is 1. The Hall–Kier alpha value is -1.08. The first kappa shape index (κ1) is 10.4. The molecule has 1 aliphatic carbocycles. The summed E-state index contributed by atoms with van der Waals surface area (Å²) >= 11 is 0. The van der Waals surface area contributed by atoms with Gasteiger partial charge in [0.2, 0.25) is 0 Å². The number of rotatable bonds is 4. The van der Waals surface area contributed by atoms with Gasteiger partial charge in [0.15, 0.2) is 0 Å². The van der Waals surface area contributed by atoms with Gasteiger partial charge in [-0.2, -0.15) is 0 Å². The average Bonchev–Trinajstić information content (AvgIpc) is 3.07. The molecular formula is C14H19N. The van der Waals surface area contributed by atoms with Crippen LogP contribution in [0.5, 0.6) is 0 Å². The number of benzene rings is 1. The van der Waals surface area contributed by atoms with Gasteiger partial charge in [-0.05, 0) is 43.7 Å². The first-order valence-corrected chi connectivity index (χ1v) is 5.74. The maximum atomic E-state index is 5.50. The molecule has 0 radical (unpaired) electrons. The van der Waals surface area contributed by atoms with E-state index in [1.165, 1.54) is 17.6 Å². The standard InChI is InChI=1S/C14H19N/c1-11(6-5-9-15)13-10-14(13)12-7-3-2-4-8-12/h2-4,6-8,13-14H,5,9-10,15H2,1H3/b11-6-. The van der Waals surface area contributed by atoms with Crippen molar-refractivity contribution in [2.75, 3.05) is 6.54 Å². The van der Waals surface area contributed by atoms with E-state index in [2.05, 4.69) is 43.3 Å². The van der Waals surface area contributed by atoms with Crippen molar-refractivity contribution in [1.29, 1.82) is 0 Å². The van der Waals surface area contributed by atoms with Gasteiger partial charge >= 0.3 is 0 Å². The number of hydrogen-bond acceptors (Lipinski definition) is 1. The lowest BCUT2D eigenvalue weighted by Gasteiger charge is -2.01. The summed E-state index contributed by atoms with van der Waals surface area (Å²) in [5, 5.41) is 0. The van der Waals surface area contributed by atoms with Gasteiger partial charge in [0.25, 0.3) is 0 Å². The predicted octanol–water partition coefficient (Wildman–Crippen LogP) is 3.09. The molecule has 0 heterocycles. The van der Waals surface area contributed by atoms with Gasteiger partial charge in [0.05, 0.1) is 0 Å². The van der Waals surface area contributed by atoms with Crippen molar-refractivity contribution in [3.05, 3.63) is 47.5 Å². The topological polar surface area (TPSA) is 26.0 Å². The highest BCUT2D eigenvalue weighted by Crippen LogP contribution is 2.51. The van der Waals surface area contributed by atoms with Crippen LogP contribution in [0.2, 0.25) is 0 Å². The van der Waals surface area contributed by atoms with Crippen molar-refractivity contribution in [2.45, 2.75) is 25.7 Å². The Labute approximate surface area is 92.0 Å². The molecule has 1 fully saturated rings. The van der Waals surface area contributed by atoms with E-state index >= 15 is 0 Å². The minimum absolute atomic E-state index is 0.764. The molecular weight excluding hydrogens is 182 g/mol. The average molecular weight is 201 g/mol. The Morgan fingerprint density at radius 3 is 2.80 bits per heavy atom. The normalized spacial score (nSPS) is 25.3. The quantitative estimate of drug-likeness (QED) is 0.744. The van der Waals surface area contributed by atoms with Crippen LogP contribution in [-0.4, -0.2) is 6.54 Å². The van der Waals surface area contributed by atoms with Crippen molar-refractivity contribution in [1.82, 2.24) is 0 Å². The van der Waals surface area contributed by atoms with Gasteiger partial charge in [-0.3, -0.25) is 0 Å². The van der Waals surface area contributed by atoms with Gasteiger partial charge in [0, 0.05) is 0 Å². The van der Waals surface area contributed by atoms with Crippen molar-refractivity contribution in [3.8, 4) is 0 Å². The third-order valence-electron chi connectivity index (χ3n) is 3.24. The van der Waals surface area contributed by atoms with Crippen LogP contribution in [0, 0.1) is 5.92 Å². The van der Waals surface area contributed by atoms with E-state index in [1.807, 2.05) is 0 Å². The first-order valence-electron chi connectivity index (χ1n) is 5.74. The summed E-state index contributed by atoms with van der Waals surface area (Å²) in [7, 11) is 0. The Morgan fingerprint density at radius 2 is 2.13 bits per heavy atom. The van der Waals surface area contributed by atoms with E-state index in [0.29, 0.717) is 0 Å². The second-order valence-electron chi connectivity index (χ2n) is 4.38. The van der Waals surface area contributed by atoms with Crippen LogP contribution in [0.3, 0.4) is 0 Å². The monoisotopic (exact) mass is 201 g/mol. The van der Waals surface area contributed by atoms with E-state index in [9.17, 15) is 0 Å². The predicted molar refractivity (Wildman–Crippen MR) is 64.7 cm³/mol. The molecule has 0 aromatic heterocycles. The molecule has 2 N–H and O–H groups in total. The minimum atomic E-state index is 0.764. The summed E-state index contributed by atoms with van der Waals surface area (Å²) < 4.78 is 0. The highest BCUT2D eigenvalue weighted by atomic mass is 14.5. The highest BCUT2D eigenvalue weighted by Gasteiger charge is 2.38. The van der Waals surface area contributed by atoms with E-state index in [-0.39, 0.29) is 0 Å². The molecule has 0 spiro atoms. The molecule has 2 rings (SSSR count). The van der Waals surface area contributed by atoms with Crippen LogP contribution >= 0.6 is 0 Å². The lowest BCUT2D eigenvalue weighted by atomic mass is 10.1. The summed E-state index contributed by atoms with van der Waals surface area (Å²) in [5.74, 6) is 1.54. The smallest absolute Gasteiger partial charge is 0.00425 e. The highest BCUT2D eigenvalue weighted by molar-refractivity contribution is 5.31. The van der Waals surface area contributed by atoms with Crippen LogP contribution in [0.1, 0.15) is 31.2 Å². The molecule has 1 heteroatoms. The summed E-state index contributed by atoms with van der Waals surface area (Å²) in [6.45, 7) is 3.00. The number of hydrogen-bond donors (Lipinski definition) is 1.